The summed E-state index contributed by atoms with van der Waals surface area (Å²) in [5, 5.41) is 14.8. The summed E-state index contributed by atoms with van der Waals surface area (Å²) < 4.78 is 2.41. The van der Waals surface area contributed by atoms with Gasteiger partial charge in [-0.2, -0.15) is 0 Å². The van der Waals surface area contributed by atoms with Gasteiger partial charge in [0, 0.05) is 61.1 Å². The summed E-state index contributed by atoms with van der Waals surface area (Å²) >= 11 is 1.73. The van der Waals surface area contributed by atoms with Gasteiger partial charge in [0.15, 0.2) is 5.82 Å². The number of benzene rings is 1. The SMILES string of the molecule is Cc1nc(-c2c3n(c4c(N5CCN(CC(=O)Nc6cccc([N+](=O)[O-])c6)CC5)ncnc24)CCCC3)sc1C. The Kier molecular flexibility index (Phi) is 6.73. The van der Waals surface area contributed by atoms with Gasteiger partial charge in [0.25, 0.3) is 5.69 Å². The Labute approximate surface area is 229 Å². The number of nitrogens with zero attached hydrogens (tertiary/aromatic N) is 7. The molecule has 1 amide bonds. The first-order valence-electron chi connectivity index (χ1n) is 13.2. The topological polar surface area (TPSA) is 122 Å². The molecule has 4 aromatic rings. The molecule has 1 saturated heterocycles. The van der Waals surface area contributed by atoms with Crippen LogP contribution in [0, 0.1) is 24.0 Å². The van der Waals surface area contributed by atoms with E-state index in [-0.39, 0.29) is 18.1 Å². The fraction of sp³-hybridized carbons (Fsp3) is 0.407. The highest BCUT2D eigenvalue weighted by Gasteiger charge is 2.29. The van der Waals surface area contributed by atoms with Crippen molar-refractivity contribution >= 4 is 45.5 Å². The number of aryl methyl sites for hydroxylation is 3. The van der Waals surface area contributed by atoms with Crippen molar-refractivity contribution in [2.75, 3.05) is 42.9 Å². The molecule has 2 aliphatic heterocycles. The zero-order valence-electron chi connectivity index (χ0n) is 22.0. The van der Waals surface area contributed by atoms with E-state index in [2.05, 4.69) is 33.5 Å². The van der Waals surface area contributed by atoms with Crippen molar-refractivity contribution in [3.63, 3.8) is 0 Å². The van der Waals surface area contributed by atoms with Crippen LogP contribution in [-0.2, 0) is 17.8 Å². The van der Waals surface area contributed by atoms with Crippen LogP contribution >= 0.6 is 11.3 Å². The normalized spacial score (nSPS) is 15.9. The van der Waals surface area contributed by atoms with E-state index >= 15 is 0 Å². The van der Waals surface area contributed by atoms with Crippen LogP contribution in [-0.4, -0.2) is 68.0 Å². The van der Waals surface area contributed by atoms with Crippen LogP contribution in [0.25, 0.3) is 21.6 Å². The summed E-state index contributed by atoms with van der Waals surface area (Å²) in [5.74, 6) is 0.757. The largest absolute Gasteiger partial charge is 0.352 e. The highest BCUT2D eigenvalue weighted by Crippen LogP contribution is 2.41. The van der Waals surface area contributed by atoms with Crippen molar-refractivity contribution in [3.8, 4) is 10.6 Å². The Morgan fingerprint density at radius 3 is 2.69 bits per heavy atom. The number of carbonyl (C=O) groups is 1. The van der Waals surface area contributed by atoms with Crippen molar-refractivity contribution in [1.82, 2.24) is 24.4 Å². The van der Waals surface area contributed by atoms with Gasteiger partial charge in [0.1, 0.15) is 22.4 Å². The maximum Gasteiger partial charge on any atom is 0.271 e. The maximum atomic E-state index is 12.6. The van der Waals surface area contributed by atoms with Crippen LogP contribution in [0.4, 0.5) is 17.2 Å². The maximum absolute atomic E-state index is 12.6. The lowest BCUT2D eigenvalue weighted by molar-refractivity contribution is -0.384. The molecule has 0 aliphatic carbocycles. The highest BCUT2D eigenvalue weighted by atomic mass is 32.1. The smallest absolute Gasteiger partial charge is 0.271 e. The second-order valence-electron chi connectivity index (χ2n) is 10.1. The highest BCUT2D eigenvalue weighted by molar-refractivity contribution is 7.15. The summed E-state index contributed by atoms with van der Waals surface area (Å²) in [6, 6.07) is 6.00. The summed E-state index contributed by atoms with van der Waals surface area (Å²) in [7, 11) is 0. The molecular weight excluding hydrogens is 516 g/mol. The number of piperazine rings is 1. The lowest BCUT2D eigenvalue weighted by atomic mass is 10.1. The molecule has 12 heteroatoms. The van der Waals surface area contributed by atoms with Crippen molar-refractivity contribution in [1.29, 1.82) is 0 Å². The number of thiazole rings is 1. The van der Waals surface area contributed by atoms with Crippen molar-refractivity contribution in [2.45, 2.75) is 39.7 Å². The van der Waals surface area contributed by atoms with Crippen LogP contribution in [0.15, 0.2) is 30.6 Å². The second-order valence-corrected chi connectivity index (χ2v) is 11.3. The van der Waals surface area contributed by atoms with E-state index in [4.69, 9.17) is 15.0 Å². The fourth-order valence-corrected chi connectivity index (χ4v) is 6.51. The number of rotatable bonds is 6. The third-order valence-electron chi connectivity index (χ3n) is 7.59. The summed E-state index contributed by atoms with van der Waals surface area (Å²) in [4.78, 5) is 43.2. The number of aromatic nitrogens is 4. The molecule has 6 rings (SSSR count). The number of hydrogen-bond acceptors (Lipinski definition) is 9. The first kappa shape index (κ1) is 25.4. The van der Waals surface area contributed by atoms with Crippen LogP contribution in [0.5, 0.6) is 0 Å². The Morgan fingerprint density at radius 2 is 1.95 bits per heavy atom. The molecule has 0 saturated carbocycles. The molecule has 5 heterocycles. The second kappa shape index (κ2) is 10.3. The molecule has 1 N–H and O–H groups in total. The molecule has 0 atom stereocenters. The first-order valence-corrected chi connectivity index (χ1v) is 14.0. The van der Waals surface area contributed by atoms with E-state index in [0.29, 0.717) is 18.8 Å². The van der Waals surface area contributed by atoms with Gasteiger partial charge in [-0.1, -0.05) is 6.07 Å². The van der Waals surface area contributed by atoms with Crippen LogP contribution < -0.4 is 10.2 Å². The van der Waals surface area contributed by atoms with E-state index in [9.17, 15) is 14.9 Å². The Bertz CT molecular complexity index is 1550. The molecule has 1 aromatic carbocycles. The van der Waals surface area contributed by atoms with Gasteiger partial charge in [-0.15, -0.1) is 11.3 Å². The van der Waals surface area contributed by atoms with E-state index in [1.54, 1.807) is 29.8 Å². The third-order valence-corrected chi connectivity index (χ3v) is 8.68. The molecule has 0 spiro atoms. The number of amides is 1. The van der Waals surface area contributed by atoms with Gasteiger partial charge >= 0.3 is 0 Å². The van der Waals surface area contributed by atoms with Crippen molar-refractivity contribution in [2.24, 2.45) is 0 Å². The van der Waals surface area contributed by atoms with Crippen molar-refractivity contribution in [3.05, 3.63) is 57.0 Å². The molecule has 2 aliphatic rings. The molecular formula is C27H30N8O3S. The summed E-state index contributed by atoms with van der Waals surface area (Å²) in [6.07, 6.45) is 4.97. The Hall–Kier alpha value is -3.90. The zero-order chi connectivity index (χ0) is 27.1. The van der Waals surface area contributed by atoms with E-state index in [1.807, 2.05) is 0 Å². The minimum Gasteiger partial charge on any atom is -0.352 e. The van der Waals surface area contributed by atoms with Gasteiger partial charge in [0.2, 0.25) is 5.91 Å². The lowest BCUT2D eigenvalue weighted by Gasteiger charge is -2.35. The quantitative estimate of drug-likeness (QED) is 0.282. The van der Waals surface area contributed by atoms with E-state index in [1.165, 1.54) is 22.7 Å². The van der Waals surface area contributed by atoms with E-state index in [0.717, 1.165) is 72.0 Å². The molecule has 0 bridgehead atoms. The number of nitro benzene ring substituents is 1. The summed E-state index contributed by atoms with van der Waals surface area (Å²) in [6.45, 7) is 8.24. The standard InChI is InChI=1S/C27H30N8O3S/c1-17-18(2)39-27(30-17)23-21-8-3-4-9-34(21)25-24(23)28-16-29-26(25)33-12-10-32(11-13-33)15-22(36)31-19-6-5-7-20(14-19)35(37)38/h5-7,14,16H,3-4,8-13,15H2,1-2H3,(H,31,36). The first-order chi connectivity index (χ1) is 18.9. The Balaban J connectivity index is 1.20. The Morgan fingerprint density at radius 1 is 1.13 bits per heavy atom. The zero-order valence-corrected chi connectivity index (χ0v) is 22.8. The monoisotopic (exact) mass is 546 g/mol. The number of nitro groups is 1. The number of fused-ring (bicyclic) bond motifs is 3. The van der Waals surface area contributed by atoms with Gasteiger partial charge in [-0.05, 0) is 39.2 Å². The van der Waals surface area contributed by atoms with Gasteiger partial charge in [0.05, 0.1) is 22.7 Å². The third kappa shape index (κ3) is 4.85. The predicted molar refractivity (Wildman–Crippen MR) is 151 cm³/mol. The van der Waals surface area contributed by atoms with Gasteiger partial charge in [-0.25, -0.2) is 15.0 Å². The molecule has 3 aromatic heterocycles. The molecule has 0 radical (unpaired) electrons. The number of carbonyl (C=O) groups excluding carboxylic acids is 1. The molecule has 11 nitrogen and oxygen atoms in total. The average molecular weight is 547 g/mol. The van der Waals surface area contributed by atoms with Crippen LogP contribution in [0.1, 0.15) is 29.1 Å². The predicted octanol–water partition coefficient (Wildman–Crippen LogP) is 4.18. The molecule has 202 valence electrons. The number of anilines is 2. The average Bonchev–Trinajstić information content (AvgIpc) is 3.45. The fourth-order valence-electron chi connectivity index (χ4n) is 5.53. The van der Waals surface area contributed by atoms with Crippen LogP contribution in [0.2, 0.25) is 0 Å². The van der Waals surface area contributed by atoms with Gasteiger partial charge in [-0.3, -0.25) is 19.8 Å². The number of nitrogens with one attached hydrogen (secondary N) is 1. The molecule has 39 heavy (non-hydrogen) atoms. The molecule has 1 fully saturated rings. The number of hydrogen-bond donors (Lipinski definition) is 1. The van der Waals surface area contributed by atoms with Crippen molar-refractivity contribution < 1.29 is 9.72 Å². The minimum absolute atomic E-state index is 0.0477. The summed E-state index contributed by atoms with van der Waals surface area (Å²) in [5.41, 5.74) is 5.98. The molecule has 0 unspecified atom stereocenters. The van der Waals surface area contributed by atoms with Crippen LogP contribution in [0.3, 0.4) is 0 Å². The number of non-ortho nitro benzene ring substituents is 1. The lowest BCUT2D eigenvalue weighted by Crippen LogP contribution is -2.49. The van der Waals surface area contributed by atoms with Gasteiger partial charge < -0.3 is 14.8 Å². The minimum atomic E-state index is -0.469. The van der Waals surface area contributed by atoms with E-state index < -0.39 is 4.92 Å².